The van der Waals surface area contributed by atoms with Crippen molar-refractivity contribution in [3.63, 3.8) is 0 Å². The number of nitrogens with zero attached hydrogens (tertiary/aromatic N) is 3. The Kier molecular flexibility index (Phi) is 3.65. The van der Waals surface area contributed by atoms with Crippen molar-refractivity contribution in [1.82, 2.24) is 15.1 Å². The Hall–Kier alpha value is -3.02. The minimum Gasteiger partial charge on any atom is -0.361 e. The first-order valence-electron chi connectivity index (χ1n) is 6.76. The Balaban J connectivity index is 1.79. The molecule has 6 nitrogen and oxygen atoms in total. The standard InChI is InChI=1S/C16H14N4O2/c1-10-15(11(2)22-20-10)12-3-5-13(6-4-12)19-16(21)14-9-17-7-8-18-14/h3-9H,1-2H3,(H,19,21). The SMILES string of the molecule is Cc1noc(C)c1-c1ccc(NC(=O)c2cnccn2)cc1. The zero-order valence-corrected chi connectivity index (χ0v) is 12.2. The summed E-state index contributed by atoms with van der Waals surface area (Å²) >= 11 is 0. The molecule has 1 amide bonds. The molecular weight excluding hydrogens is 280 g/mol. The van der Waals surface area contributed by atoms with Gasteiger partial charge in [-0.25, -0.2) is 4.98 Å². The van der Waals surface area contributed by atoms with Crippen LogP contribution in [0.3, 0.4) is 0 Å². The third-order valence-electron chi connectivity index (χ3n) is 3.26. The van der Waals surface area contributed by atoms with E-state index in [0.29, 0.717) is 5.69 Å². The van der Waals surface area contributed by atoms with Gasteiger partial charge >= 0.3 is 0 Å². The Labute approximate surface area is 127 Å². The zero-order valence-electron chi connectivity index (χ0n) is 12.2. The van der Waals surface area contributed by atoms with E-state index < -0.39 is 0 Å². The van der Waals surface area contributed by atoms with Crippen molar-refractivity contribution in [1.29, 1.82) is 0 Å². The van der Waals surface area contributed by atoms with Gasteiger partial charge in [-0.15, -0.1) is 0 Å². The van der Waals surface area contributed by atoms with Crippen molar-refractivity contribution < 1.29 is 9.32 Å². The number of rotatable bonds is 3. The lowest BCUT2D eigenvalue weighted by Crippen LogP contribution is -2.13. The average molecular weight is 294 g/mol. The highest BCUT2D eigenvalue weighted by atomic mass is 16.5. The molecule has 3 aromatic rings. The van der Waals surface area contributed by atoms with Crippen LogP contribution in [0, 0.1) is 13.8 Å². The first-order valence-corrected chi connectivity index (χ1v) is 6.76. The molecule has 3 rings (SSSR count). The first-order chi connectivity index (χ1) is 10.6. The lowest BCUT2D eigenvalue weighted by Gasteiger charge is -2.06. The summed E-state index contributed by atoms with van der Waals surface area (Å²) < 4.78 is 5.17. The van der Waals surface area contributed by atoms with Crippen LogP contribution < -0.4 is 5.32 Å². The highest BCUT2D eigenvalue weighted by molar-refractivity contribution is 6.02. The Morgan fingerprint density at radius 3 is 2.50 bits per heavy atom. The highest BCUT2D eigenvalue weighted by Crippen LogP contribution is 2.27. The van der Waals surface area contributed by atoms with Gasteiger partial charge in [-0.05, 0) is 31.5 Å². The van der Waals surface area contributed by atoms with E-state index in [1.807, 2.05) is 38.1 Å². The van der Waals surface area contributed by atoms with Crippen molar-refractivity contribution in [2.45, 2.75) is 13.8 Å². The number of carbonyl (C=O) groups excluding carboxylic acids is 1. The van der Waals surface area contributed by atoms with E-state index in [-0.39, 0.29) is 11.6 Å². The number of hydrogen-bond donors (Lipinski definition) is 1. The molecule has 0 fully saturated rings. The van der Waals surface area contributed by atoms with Gasteiger partial charge in [-0.2, -0.15) is 0 Å². The molecule has 22 heavy (non-hydrogen) atoms. The van der Waals surface area contributed by atoms with Gasteiger partial charge in [-0.3, -0.25) is 9.78 Å². The summed E-state index contributed by atoms with van der Waals surface area (Å²) in [4.78, 5) is 19.8. The van der Waals surface area contributed by atoms with Crippen LogP contribution in [0.2, 0.25) is 0 Å². The summed E-state index contributed by atoms with van der Waals surface area (Å²) in [6.45, 7) is 3.77. The van der Waals surface area contributed by atoms with E-state index in [4.69, 9.17) is 4.52 Å². The van der Waals surface area contributed by atoms with Crippen LogP contribution in [-0.2, 0) is 0 Å². The Morgan fingerprint density at radius 1 is 1.14 bits per heavy atom. The van der Waals surface area contributed by atoms with Crippen molar-refractivity contribution in [3.05, 3.63) is 60.0 Å². The largest absolute Gasteiger partial charge is 0.361 e. The van der Waals surface area contributed by atoms with Crippen LogP contribution in [0.1, 0.15) is 21.9 Å². The number of aryl methyl sites for hydroxylation is 2. The van der Waals surface area contributed by atoms with E-state index >= 15 is 0 Å². The maximum absolute atomic E-state index is 12.0. The third-order valence-corrected chi connectivity index (χ3v) is 3.26. The van der Waals surface area contributed by atoms with Gasteiger partial charge in [0.25, 0.3) is 5.91 Å². The van der Waals surface area contributed by atoms with Crippen LogP contribution in [0.4, 0.5) is 5.69 Å². The molecule has 0 atom stereocenters. The predicted octanol–water partition coefficient (Wildman–Crippen LogP) is 3.00. The van der Waals surface area contributed by atoms with Crippen LogP contribution in [-0.4, -0.2) is 21.0 Å². The fraction of sp³-hybridized carbons (Fsp3) is 0.125. The molecule has 2 heterocycles. The second-order valence-corrected chi connectivity index (χ2v) is 4.82. The molecule has 110 valence electrons. The van der Waals surface area contributed by atoms with Gasteiger partial charge < -0.3 is 9.84 Å². The molecule has 0 radical (unpaired) electrons. The molecule has 0 aliphatic carbocycles. The third kappa shape index (κ3) is 2.71. The summed E-state index contributed by atoms with van der Waals surface area (Å²) in [5.74, 6) is 0.479. The number of anilines is 1. The number of benzene rings is 1. The maximum atomic E-state index is 12.0. The molecule has 0 aliphatic heterocycles. The monoisotopic (exact) mass is 294 g/mol. The summed E-state index contributed by atoms with van der Waals surface area (Å²) in [7, 11) is 0. The molecule has 1 aromatic carbocycles. The van der Waals surface area contributed by atoms with E-state index in [0.717, 1.165) is 22.6 Å². The van der Waals surface area contributed by atoms with Crippen molar-refractivity contribution in [2.24, 2.45) is 0 Å². The maximum Gasteiger partial charge on any atom is 0.275 e. The van der Waals surface area contributed by atoms with E-state index in [1.165, 1.54) is 18.6 Å². The van der Waals surface area contributed by atoms with Crippen molar-refractivity contribution in [2.75, 3.05) is 5.32 Å². The fourth-order valence-electron chi connectivity index (χ4n) is 2.23. The quantitative estimate of drug-likeness (QED) is 0.803. The first kappa shape index (κ1) is 13.9. The second-order valence-electron chi connectivity index (χ2n) is 4.82. The topological polar surface area (TPSA) is 80.9 Å². The molecule has 0 saturated carbocycles. The molecular formula is C16H14N4O2. The van der Waals surface area contributed by atoms with Crippen LogP contribution >= 0.6 is 0 Å². The van der Waals surface area contributed by atoms with E-state index in [9.17, 15) is 4.79 Å². The number of nitrogens with one attached hydrogen (secondary N) is 1. The van der Waals surface area contributed by atoms with Crippen molar-refractivity contribution in [3.8, 4) is 11.1 Å². The Bertz CT molecular complexity index is 775. The summed E-state index contributed by atoms with van der Waals surface area (Å²) in [5.41, 5.74) is 3.78. The second kappa shape index (κ2) is 5.77. The average Bonchev–Trinajstić information content (AvgIpc) is 2.88. The number of hydrogen-bond acceptors (Lipinski definition) is 5. The number of carbonyl (C=O) groups is 1. The predicted molar refractivity (Wildman–Crippen MR) is 81.4 cm³/mol. The van der Waals surface area contributed by atoms with Gasteiger partial charge in [0.1, 0.15) is 11.5 Å². The highest BCUT2D eigenvalue weighted by Gasteiger charge is 2.12. The van der Waals surface area contributed by atoms with Gasteiger partial charge in [-0.1, -0.05) is 17.3 Å². The minimum atomic E-state index is -0.293. The molecule has 6 heteroatoms. The summed E-state index contributed by atoms with van der Waals surface area (Å²) in [5, 5.41) is 6.72. The van der Waals surface area contributed by atoms with Crippen LogP contribution in [0.5, 0.6) is 0 Å². The molecule has 0 aliphatic rings. The number of amides is 1. The molecule has 0 bridgehead atoms. The van der Waals surface area contributed by atoms with Gasteiger partial charge in [0, 0.05) is 23.6 Å². The smallest absolute Gasteiger partial charge is 0.275 e. The summed E-state index contributed by atoms with van der Waals surface area (Å²) in [6.07, 6.45) is 4.43. The van der Waals surface area contributed by atoms with Gasteiger partial charge in [0.15, 0.2) is 0 Å². The number of aromatic nitrogens is 3. The van der Waals surface area contributed by atoms with Gasteiger partial charge in [0.2, 0.25) is 0 Å². The summed E-state index contributed by atoms with van der Waals surface area (Å²) in [6, 6.07) is 7.49. The van der Waals surface area contributed by atoms with E-state index in [2.05, 4.69) is 20.4 Å². The molecule has 0 saturated heterocycles. The van der Waals surface area contributed by atoms with Crippen molar-refractivity contribution >= 4 is 11.6 Å². The van der Waals surface area contributed by atoms with Crippen LogP contribution in [0.15, 0.2) is 47.4 Å². The molecule has 1 N–H and O–H groups in total. The molecule has 0 unspecified atom stereocenters. The van der Waals surface area contributed by atoms with E-state index in [1.54, 1.807) is 0 Å². The lowest BCUT2D eigenvalue weighted by atomic mass is 10.0. The lowest BCUT2D eigenvalue weighted by molar-refractivity contribution is 0.102. The molecule has 2 aromatic heterocycles. The normalized spacial score (nSPS) is 10.5. The zero-order chi connectivity index (χ0) is 15.5. The van der Waals surface area contributed by atoms with Crippen LogP contribution in [0.25, 0.3) is 11.1 Å². The molecule has 0 spiro atoms. The van der Waals surface area contributed by atoms with Gasteiger partial charge in [0.05, 0.1) is 11.9 Å². The fourth-order valence-corrected chi connectivity index (χ4v) is 2.23. The Morgan fingerprint density at radius 2 is 1.91 bits per heavy atom. The minimum absolute atomic E-state index is 0.275.